The molecule has 10 nitrogen and oxygen atoms in total. The summed E-state index contributed by atoms with van der Waals surface area (Å²) in [6.07, 6.45) is 5.64. The third kappa shape index (κ3) is 6.10. The van der Waals surface area contributed by atoms with Crippen LogP contribution in [0.25, 0.3) is 0 Å². The number of aliphatic hydroxyl groups is 1. The van der Waals surface area contributed by atoms with Gasteiger partial charge in [-0.3, -0.25) is 19.3 Å². The summed E-state index contributed by atoms with van der Waals surface area (Å²) >= 11 is 0. The molecule has 2 bridgehead atoms. The van der Waals surface area contributed by atoms with Crippen LogP contribution in [0, 0.1) is 5.92 Å². The maximum atomic E-state index is 12.9. The third-order valence-corrected chi connectivity index (χ3v) is 5.77. The van der Waals surface area contributed by atoms with E-state index < -0.39 is 0 Å². The highest BCUT2D eigenvalue weighted by Gasteiger charge is 2.29. The smallest absolute Gasteiger partial charge is 0.253 e. The van der Waals surface area contributed by atoms with Crippen LogP contribution in [0.15, 0.2) is 30.7 Å². The second kappa shape index (κ2) is 11.1. The molecule has 0 spiro atoms. The summed E-state index contributed by atoms with van der Waals surface area (Å²) < 4.78 is 7.91. The Morgan fingerprint density at radius 3 is 2.84 bits per heavy atom. The fourth-order valence-corrected chi connectivity index (χ4v) is 3.76. The Kier molecular flexibility index (Phi) is 8.29. The molecule has 2 amide bonds. The largest absolute Gasteiger partial charge is 0.394 e. The highest BCUT2D eigenvalue weighted by molar-refractivity contribution is 5.93. The number of aliphatic hydroxyl groups excluding tert-OH is 1. The van der Waals surface area contributed by atoms with Crippen LogP contribution in [0.5, 0.6) is 0 Å². The highest BCUT2D eigenvalue weighted by atomic mass is 16.5. The number of hydrogen-bond donors (Lipinski definition) is 1. The molecule has 0 saturated carbocycles. The Balaban J connectivity index is 1.80. The van der Waals surface area contributed by atoms with Crippen molar-refractivity contribution < 1.29 is 19.4 Å². The van der Waals surface area contributed by atoms with Crippen LogP contribution in [0.3, 0.4) is 0 Å². The Morgan fingerprint density at radius 2 is 2.12 bits per heavy atom. The lowest BCUT2D eigenvalue weighted by Gasteiger charge is -2.35. The minimum Gasteiger partial charge on any atom is -0.394 e. The number of nitrogens with zero attached hydrogens (tertiary/aromatic N) is 6. The fraction of sp³-hybridized carbons (Fsp3) is 0.591. The molecule has 0 radical (unpaired) electrons. The number of pyridine rings is 1. The van der Waals surface area contributed by atoms with Crippen LogP contribution in [-0.2, 0) is 22.7 Å². The molecule has 0 saturated heterocycles. The van der Waals surface area contributed by atoms with E-state index in [-0.39, 0.29) is 43.1 Å². The topological polar surface area (TPSA) is 114 Å². The van der Waals surface area contributed by atoms with E-state index in [9.17, 15) is 14.7 Å². The SMILES string of the molecule is C[C@H]1CN([C@@H](C)CO)C(=O)CCCn2cc(nn2)CO[C@@H]1CN(C)C(=O)c1ccncc1. The number of ether oxygens (including phenoxy) is 1. The first-order valence-electron chi connectivity index (χ1n) is 11.0. The molecule has 174 valence electrons. The van der Waals surface area contributed by atoms with Gasteiger partial charge in [-0.25, -0.2) is 0 Å². The summed E-state index contributed by atoms with van der Waals surface area (Å²) in [6, 6.07) is 3.05. The van der Waals surface area contributed by atoms with E-state index in [2.05, 4.69) is 15.3 Å². The van der Waals surface area contributed by atoms with Crippen LogP contribution < -0.4 is 0 Å². The number of aryl methyl sites for hydroxylation is 1. The lowest BCUT2D eigenvalue weighted by Crippen LogP contribution is -2.47. The van der Waals surface area contributed by atoms with Gasteiger partial charge in [0.25, 0.3) is 5.91 Å². The molecule has 0 aliphatic carbocycles. The molecule has 1 N–H and O–H groups in total. The first-order chi connectivity index (χ1) is 15.4. The van der Waals surface area contributed by atoms with E-state index in [1.165, 1.54) is 0 Å². The van der Waals surface area contributed by atoms with Gasteiger partial charge in [-0.15, -0.1) is 5.10 Å². The Bertz CT molecular complexity index is 890. The number of amides is 2. The third-order valence-electron chi connectivity index (χ3n) is 5.77. The number of carbonyl (C=O) groups excluding carboxylic acids is 2. The van der Waals surface area contributed by atoms with Gasteiger partial charge in [0.05, 0.1) is 31.6 Å². The summed E-state index contributed by atoms with van der Waals surface area (Å²) in [4.78, 5) is 33.0. The molecule has 0 unspecified atom stereocenters. The maximum Gasteiger partial charge on any atom is 0.253 e. The minimum absolute atomic E-state index is 0.0158. The van der Waals surface area contributed by atoms with Crippen molar-refractivity contribution in [1.29, 1.82) is 0 Å². The predicted octanol–water partition coefficient (Wildman–Crippen LogP) is 0.970. The zero-order chi connectivity index (χ0) is 23.1. The molecule has 10 heteroatoms. The van der Waals surface area contributed by atoms with E-state index >= 15 is 0 Å². The Hall–Kier alpha value is -2.85. The van der Waals surface area contributed by atoms with E-state index in [1.54, 1.807) is 46.1 Å². The number of hydrogen-bond acceptors (Lipinski definition) is 7. The van der Waals surface area contributed by atoms with Crippen LogP contribution in [0.2, 0.25) is 0 Å². The molecular formula is C22H32N6O4. The molecule has 1 aliphatic rings. The molecule has 0 aromatic carbocycles. The van der Waals surface area contributed by atoms with E-state index in [0.29, 0.717) is 43.7 Å². The molecular weight excluding hydrogens is 412 g/mol. The van der Waals surface area contributed by atoms with Crippen molar-refractivity contribution in [3.8, 4) is 0 Å². The second-order valence-corrected chi connectivity index (χ2v) is 8.40. The zero-order valence-electron chi connectivity index (χ0n) is 18.9. The summed E-state index contributed by atoms with van der Waals surface area (Å²) in [5.41, 5.74) is 1.25. The van der Waals surface area contributed by atoms with Crippen molar-refractivity contribution in [2.75, 3.05) is 26.7 Å². The number of fused-ring (bicyclic) bond motifs is 2. The second-order valence-electron chi connectivity index (χ2n) is 8.40. The molecule has 0 fully saturated rings. The monoisotopic (exact) mass is 444 g/mol. The maximum absolute atomic E-state index is 12.9. The van der Waals surface area contributed by atoms with Crippen molar-refractivity contribution >= 4 is 11.8 Å². The summed E-state index contributed by atoms with van der Waals surface area (Å²) in [5, 5.41) is 18.0. The Morgan fingerprint density at radius 1 is 1.38 bits per heavy atom. The zero-order valence-corrected chi connectivity index (χ0v) is 18.9. The van der Waals surface area contributed by atoms with E-state index in [4.69, 9.17) is 4.74 Å². The Labute approximate surface area is 188 Å². The van der Waals surface area contributed by atoms with Crippen molar-refractivity contribution in [2.24, 2.45) is 5.92 Å². The quantitative estimate of drug-likeness (QED) is 0.731. The average molecular weight is 445 g/mol. The lowest BCUT2D eigenvalue weighted by molar-refractivity contribution is -0.136. The van der Waals surface area contributed by atoms with Crippen molar-refractivity contribution in [3.05, 3.63) is 42.0 Å². The number of carbonyl (C=O) groups is 2. The summed E-state index contributed by atoms with van der Waals surface area (Å²) in [7, 11) is 1.73. The number of aromatic nitrogens is 4. The van der Waals surface area contributed by atoms with Crippen LogP contribution in [0.4, 0.5) is 0 Å². The molecule has 3 heterocycles. The van der Waals surface area contributed by atoms with Gasteiger partial charge in [-0.1, -0.05) is 12.1 Å². The van der Waals surface area contributed by atoms with Gasteiger partial charge in [0.1, 0.15) is 5.69 Å². The van der Waals surface area contributed by atoms with E-state index in [1.807, 2.05) is 20.0 Å². The van der Waals surface area contributed by atoms with Gasteiger partial charge in [0, 0.05) is 57.0 Å². The normalized spacial score (nSPS) is 21.2. The minimum atomic E-state index is -0.349. The standard InChI is InChI=1S/C22H32N6O4/c1-16-11-28(17(2)14-29)21(30)5-4-10-27-12-19(24-25-27)15-32-20(16)13-26(3)22(31)18-6-8-23-9-7-18/h6-9,12,16-17,20,29H,4-5,10-11,13-15H2,1-3H3/t16-,17-,20+/m0/s1. The molecule has 3 atom stereocenters. The van der Waals surface area contributed by atoms with Crippen LogP contribution in [0.1, 0.15) is 42.7 Å². The van der Waals surface area contributed by atoms with Gasteiger partial charge in [0.15, 0.2) is 0 Å². The van der Waals surface area contributed by atoms with Crippen LogP contribution >= 0.6 is 0 Å². The van der Waals surface area contributed by atoms with Crippen molar-refractivity contribution in [2.45, 2.75) is 52.0 Å². The average Bonchev–Trinajstić information content (AvgIpc) is 3.26. The van der Waals surface area contributed by atoms with Gasteiger partial charge >= 0.3 is 0 Å². The molecule has 3 rings (SSSR count). The first kappa shape index (κ1) is 23.8. The van der Waals surface area contributed by atoms with Gasteiger partial charge in [-0.2, -0.15) is 0 Å². The van der Waals surface area contributed by atoms with Gasteiger partial charge in [-0.05, 0) is 25.5 Å². The molecule has 2 aromatic heterocycles. The first-order valence-corrected chi connectivity index (χ1v) is 11.0. The van der Waals surface area contributed by atoms with Crippen molar-refractivity contribution in [1.82, 2.24) is 29.8 Å². The lowest BCUT2D eigenvalue weighted by atomic mass is 10.0. The van der Waals surface area contributed by atoms with E-state index in [0.717, 1.165) is 0 Å². The summed E-state index contributed by atoms with van der Waals surface area (Å²) in [5.74, 6) is -0.233. The number of likely N-dealkylation sites (N-methyl/N-ethyl adjacent to an activating group) is 1. The predicted molar refractivity (Wildman–Crippen MR) is 116 cm³/mol. The fourth-order valence-electron chi connectivity index (χ4n) is 3.76. The highest BCUT2D eigenvalue weighted by Crippen LogP contribution is 2.18. The number of rotatable bonds is 5. The van der Waals surface area contributed by atoms with Gasteiger partial charge < -0.3 is 19.6 Å². The van der Waals surface area contributed by atoms with Gasteiger partial charge in [0.2, 0.25) is 5.91 Å². The molecule has 32 heavy (non-hydrogen) atoms. The molecule has 1 aliphatic heterocycles. The molecule has 2 aromatic rings. The van der Waals surface area contributed by atoms with Crippen molar-refractivity contribution in [3.63, 3.8) is 0 Å². The summed E-state index contributed by atoms with van der Waals surface area (Å²) in [6.45, 7) is 5.32. The van der Waals surface area contributed by atoms with Crippen LogP contribution in [-0.4, -0.2) is 85.6 Å².